The lowest BCUT2D eigenvalue weighted by molar-refractivity contribution is -0.384. The summed E-state index contributed by atoms with van der Waals surface area (Å²) in [6.07, 6.45) is 2.90. The number of furan rings is 1. The van der Waals surface area contributed by atoms with E-state index in [0.717, 1.165) is 0 Å². The number of allylic oxidation sites excluding steroid dienone is 1. The smallest absolute Gasteiger partial charge is 0.270 e. The van der Waals surface area contributed by atoms with E-state index in [1.807, 2.05) is 6.07 Å². The minimum absolute atomic E-state index is 0.0213. The number of nitriles is 1. The Bertz CT molecular complexity index is 1040. The zero-order chi connectivity index (χ0) is 18.5. The Morgan fingerprint density at radius 1 is 1.12 bits per heavy atom. The summed E-state index contributed by atoms with van der Waals surface area (Å²) < 4.78 is 5.62. The van der Waals surface area contributed by atoms with Gasteiger partial charge in [-0.3, -0.25) is 14.9 Å². The van der Waals surface area contributed by atoms with Crippen LogP contribution in [-0.2, 0) is 0 Å². The third-order valence-corrected chi connectivity index (χ3v) is 3.67. The molecule has 1 aromatic heterocycles. The summed E-state index contributed by atoms with van der Waals surface area (Å²) in [4.78, 5) is 22.5. The van der Waals surface area contributed by atoms with Gasteiger partial charge >= 0.3 is 0 Å². The quantitative estimate of drug-likeness (QED) is 0.291. The monoisotopic (exact) mass is 344 g/mol. The standard InChI is InChI=1S/C20H12N2O4/c21-13-14-4-6-15(7-5-14)19(23)10-8-18-9-11-20(26-18)16-2-1-3-17(12-16)22(24)25/h1-12H/b10-8+. The Morgan fingerprint density at radius 3 is 2.58 bits per heavy atom. The molecule has 6 nitrogen and oxygen atoms in total. The third-order valence-electron chi connectivity index (χ3n) is 3.67. The van der Waals surface area contributed by atoms with Crippen LogP contribution in [0.15, 0.2) is 71.2 Å². The van der Waals surface area contributed by atoms with Crippen molar-refractivity contribution in [2.24, 2.45) is 0 Å². The van der Waals surface area contributed by atoms with Gasteiger partial charge in [0.15, 0.2) is 5.78 Å². The molecule has 0 saturated carbocycles. The van der Waals surface area contributed by atoms with E-state index in [9.17, 15) is 14.9 Å². The van der Waals surface area contributed by atoms with Crippen LogP contribution in [0.25, 0.3) is 17.4 Å². The van der Waals surface area contributed by atoms with Crippen molar-refractivity contribution in [3.05, 3.63) is 93.7 Å². The van der Waals surface area contributed by atoms with Gasteiger partial charge < -0.3 is 4.42 Å². The molecule has 3 rings (SSSR count). The number of nitro groups is 1. The van der Waals surface area contributed by atoms with Gasteiger partial charge in [-0.2, -0.15) is 5.26 Å². The van der Waals surface area contributed by atoms with E-state index in [1.54, 1.807) is 48.5 Å². The van der Waals surface area contributed by atoms with E-state index in [1.165, 1.54) is 24.3 Å². The van der Waals surface area contributed by atoms with Crippen LogP contribution in [-0.4, -0.2) is 10.7 Å². The van der Waals surface area contributed by atoms with Gasteiger partial charge in [0.2, 0.25) is 0 Å². The van der Waals surface area contributed by atoms with Crippen LogP contribution in [0.2, 0.25) is 0 Å². The number of carbonyl (C=O) groups excluding carboxylic acids is 1. The van der Waals surface area contributed by atoms with Crippen molar-refractivity contribution in [1.82, 2.24) is 0 Å². The van der Waals surface area contributed by atoms with Gasteiger partial charge in [0.1, 0.15) is 11.5 Å². The Balaban J connectivity index is 1.76. The first-order valence-electron chi connectivity index (χ1n) is 7.64. The van der Waals surface area contributed by atoms with Crippen molar-refractivity contribution >= 4 is 17.5 Å². The van der Waals surface area contributed by atoms with Crippen LogP contribution in [0.4, 0.5) is 5.69 Å². The van der Waals surface area contributed by atoms with E-state index in [2.05, 4.69) is 0 Å². The Kier molecular flexibility index (Phi) is 4.72. The Hall–Kier alpha value is -3.98. The number of hydrogen-bond acceptors (Lipinski definition) is 5. The lowest BCUT2D eigenvalue weighted by Crippen LogP contribution is -1.93. The van der Waals surface area contributed by atoms with E-state index < -0.39 is 4.92 Å². The molecule has 26 heavy (non-hydrogen) atoms. The van der Waals surface area contributed by atoms with Crippen molar-refractivity contribution in [2.45, 2.75) is 0 Å². The van der Waals surface area contributed by atoms with E-state index in [-0.39, 0.29) is 11.5 Å². The molecule has 0 amide bonds. The van der Waals surface area contributed by atoms with E-state index in [4.69, 9.17) is 9.68 Å². The lowest BCUT2D eigenvalue weighted by Gasteiger charge is -1.97. The fraction of sp³-hybridized carbons (Fsp3) is 0. The predicted molar refractivity (Wildman–Crippen MR) is 95.3 cm³/mol. The first-order chi connectivity index (χ1) is 12.6. The molecule has 1 heterocycles. The zero-order valence-electron chi connectivity index (χ0n) is 13.5. The van der Waals surface area contributed by atoms with Crippen LogP contribution < -0.4 is 0 Å². The summed E-state index contributed by atoms with van der Waals surface area (Å²) in [6.45, 7) is 0. The van der Waals surface area contributed by atoms with Crippen molar-refractivity contribution < 1.29 is 14.1 Å². The zero-order valence-corrected chi connectivity index (χ0v) is 13.5. The SMILES string of the molecule is N#Cc1ccc(C(=O)/C=C/c2ccc(-c3cccc([N+](=O)[O-])c3)o2)cc1. The second kappa shape index (κ2) is 7.28. The molecule has 0 aliphatic carbocycles. The first kappa shape index (κ1) is 16.9. The van der Waals surface area contributed by atoms with Crippen LogP contribution in [0.5, 0.6) is 0 Å². The minimum Gasteiger partial charge on any atom is -0.457 e. The second-order valence-corrected chi connectivity index (χ2v) is 5.40. The lowest BCUT2D eigenvalue weighted by atomic mass is 10.1. The summed E-state index contributed by atoms with van der Waals surface area (Å²) in [5.74, 6) is 0.704. The van der Waals surface area contributed by atoms with Crippen molar-refractivity contribution in [1.29, 1.82) is 5.26 Å². The van der Waals surface area contributed by atoms with Gasteiger partial charge in [-0.25, -0.2) is 0 Å². The number of nitro benzene ring substituents is 1. The maximum Gasteiger partial charge on any atom is 0.270 e. The molecule has 126 valence electrons. The molecular formula is C20H12N2O4. The number of nitrogens with zero attached hydrogens (tertiary/aromatic N) is 2. The molecule has 3 aromatic rings. The van der Waals surface area contributed by atoms with E-state index >= 15 is 0 Å². The maximum atomic E-state index is 12.1. The number of benzene rings is 2. The number of ketones is 1. The molecule has 0 unspecified atom stereocenters. The van der Waals surface area contributed by atoms with Gasteiger partial charge in [0.05, 0.1) is 16.6 Å². The number of hydrogen-bond donors (Lipinski definition) is 0. The highest BCUT2D eigenvalue weighted by molar-refractivity contribution is 6.06. The highest BCUT2D eigenvalue weighted by Gasteiger charge is 2.10. The normalized spacial score (nSPS) is 10.6. The van der Waals surface area contributed by atoms with Crippen molar-refractivity contribution in [3.63, 3.8) is 0 Å². The second-order valence-electron chi connectivity index (χ2n) is 5.40. The molecule has 0 aliphatic rings. The highest BCUT2D eigenvalue weighted by Crippen LogP contribution is 2.26. The molecular weight excluding hydrogens is 332 g/mol. The van der Waals surface area contributed by atoms with Gasteiger partial charge in [-0.1, -0.05) is 12.1 Å². The Labute approximate surface area is 148 Å². The van der Waals surface area contributed by atoms with Crippen LogP contribution in [0, 0.1) is 21.4 Å². The molecule has 0 saturated heterocycles. The van der Waals surface area contributed by atoms with Crippen molar-refractivity contribution in [3.8, 4) is 17.4 Å². The molecule has 0 fully saturated rings. The molecule has 0 aliphatic heterocycles. The molecule has 0 bridgehead atoms. The minimum atomic E-state index is -0.469. The fourth-order valence-electron chi connectivity index (χ4n) is 2.33. The number of rotatable bonds is 5. The largest absolute Gasteiger partial charge is 0.457 e. The fourth-order valence-corrected chi connectivity index (χ4v) is 2.33. The summed E-state index contributed by atoms with van der Waals surface area (Å²) in [7, 11) is 0. The number of non-ortho nitro benzene ring substituents is 1. The predicted octanol–water partition coefficient (Wildman–Crippen LogP) is 4.62. The van der Waals surface area contributed by atoms with Gasteiger partial charge in [0.25, 0.3) is 5.69 Å². The summed E-state index contributed by atoms with van der Waals surface area (Å²) >= 11 is 0. The molecule has 6 heteroatoms. The van der Waals surface area contributed by atoms with E-state index in [0.29, 0.717) is 28.2 Å². The first-order valence-corrected chi connectivity index (χ1v) is 7.64. The molecule has 0 radical (unpaired) electrons. The van der Waals surface area contributed by atoms with Gasteiger partial charge in [-0.15, -0.1) is 0 Å². The molecule has 0 spiro atoms. The highest BCUT2D eigenvalue weighted by atomic mass is 16.6. The van der Waals surface area contributed by atoms with Crippen LogP contribution in [0.1, 0.15) is 21.7 Å². The summed E-state index contributed by atoms with van der Waals surface area (Å²) in [5, 5.41) is 19.6. The van der Waals surface area contributed by atoms with Crippen molar-refractivity contribution in [2.75, 3.05) is 0 Å². The average molecular weight is 344 g/mol. The summed E-state index contributed by atoms with van der Waals surface area (Å²) in [6, 6.07) is 17.8. The topological polar surface area (TPSA) is 97.1 Å². The molecule has 0 N–H and O–H groups in total. The Morgan fingerprint density at radius 2 is 1.88 bits per heavy atom. The van der Waals surface area contributed by atoms with Gasteiger partial charge in [-0.05, 0) is 48.6 Å². The van der Waals surface area contributed by atoms with Crippen LogP contribution in [0.3, 0.4) is 0 Å². The molecule has 2 aromatic carbocycles. The summed E-state index contributed by atoms with van der Waals surface area (Å²) in [5.41, 5.74) is 1.51. The molecule has 0 atom stereocenters. The third kappa shape index (κ3) is 3.74. The van der Waals surface area contributed by atoms with Gasteiger partial charge in [0, 0.05) is 23.3 Å². The maximum absolute atomic E-state index is 12.1. The number of carbonyl (C=O) groups is 1. The van der Waals surface area contributed by atoms with Crippen LogP contribution >= 0.6 is 0 Å². The average Bonchev–Trinajstić information content (AvgIpc) is 3.15.